The molecule has 1 heterocycles. The van der Waals surface area contributed by atoms with Crippen molar-refractivity contribution < 1.29 is 24.2 Å². The molecule has 0 bridgehead atoms. The number of carbonyl (C=O) groups is 3. The lowest BCUT2D eigenvalue weighted by Crippen LogP contribution is -2.54. The molecule has 0 aliphatic carbocycles. The van der Waals surface area contributed by atoms with E-state index >= 15 is 0 Å². The van der Waals surface area contributed by atoms with Crippen LogP contribution in [0.4, 0.5) is 4.79 Å². The maximum Gasteiger partial charge on any atom is 0.318 e. The highest BCUT2D eigenvalue weighted by Crippen LogP contribution is 2.20. The fourth-order valence-electron chi connectivity index (χ4n) is 1.95. The van der Waals surface area contributed by atoms with Gasteiger partial charge in [0.2, 0.25) is 5.91 Å². The summed E-state index contributed by atoms with van der Waals surface area (Å²) in [6.45, 7) is 3.76. The van der Waals surface area contributed by atoms with Crippen LogP contribution in [0, 0.1) is 5.92 Å². The molecule has 0 spiro atoms. The third-order valence-electron chi connectivity index (χ3n) is 3.14. The highest BCUT2D eigenvalue weighted by Gasteiger charge is 2.39. The van der Waals surface area contributed by atoms with Crippen LogP contribution in [-0.4, -0.2) is 59.8 Å². The molecule has 8 heteroatoms. The zero-order chi connectivity index (χ0) is 14.6. The Hall–Kier alpha value is -1.83. The summed E-state index contributed by atoms with van der Waals surface area (Å²) in [6, 6.07) is -1.87. The van der Waals surface area contributed by atoms with Gasteiger partial charge in [-0.05, 0) is 13.8 Å². The molecule has 0 radical (unpaired) electrons. The molecule has 1 fully saturated rings. The molecule has 4 N–H and O–H groups in total. The molecule has 108 valence electrons. The van der Waals surface area contributed by atoms with Crippen LogP contribution >= 0.6 is 0 Å². The molecule has 3 amide bonds. The van der Waals surface area contributed by atoms with E-state index in [1.807, 2.05) is 0 Å². The summed E-state index contributed by atoms with van der Waals surface area (Å²) in [6.07, 6.45) is 0. The van der Waals surface area contributed by atoms with Gasteiger partial charge in [-0.1, -0.05) is 0 Å². The number of nitrogens with one attached hydrogen (secondary N) is 1. The van der Waals surface area contributed by atoms with Gasteiger partial charge in [0.1, 0.15) is 12.0 Å². The van der Waals surface area contributed by atoms with Crippen molar-refractivity contribution in [3.05, 3.63) is 0 Å². The maximum atomic E-state index is 12.0. The van der Waals surface area contributed by atoms with Gasteiger partial charge < -0.3 is 25.8 Å². The zero-order valence-electron chi connectivity index (χ0n) is 11.0. The predicted molar refractivity (Wildman–Crippen MR) is 65.3 cm³/mol. The largest absolute Gasteiger partial charge is 0.481 e. The van der Waals surface area contributed by atoms with Crippen molar-refractivity contribution in [2.75, 3.05) is 19.8 Å². The maximum absolute atomic E-state index is 12.0. The van der Waals surface area contributed by atoms with Crippen molar-refractivity contribution in [2.45, 2.75) is 25.9 Å². The first-order valence-corrected chi connectivity index (χ1v) is 6.05. The van der Waals surface area contributed by atoms with Crippen molar-refractivity contribution in [1.82, 2.24) is 10.2 Å². The molecule has 0 saturated carbocycles. The summed E-state index contributed by atoms with van der Waals surface area (Å²) in [4.78, 5) is 35.3. The Bertz CT molecular complexity index is 373. The first kappa shape index (κ1) is 15.2. The fourth-order valence-corrected chi connectivity index (χ4v) is 1.95. The number of nitrogens with zero attached hydrogens (tertiary/aromatic N) is 1. The molecular formula is C11H19N3O5. The summed E-state index contributed by atoms with van der Waals surface area (Å²) >= 11 is 0. The van der Waals surface area contributed by atoms with Gasteiger partial charge in [-0.2, -0.15) is 0 Å². The summed E-state index contributed by atoms with van der Waals surface area (Å²) < 4.78 is 5.12. The van der Waals surface area contributed by atoms with E-state index in [-0.39, 0.29) is 13.2 Å². The lowest BCUT2D eigenvalue weighted by atomic mass is 10.0. The third-order valence-corrected chi connectivity index (χ3v) is 3.14. The van der Waals surface area contributed by atoms with E-state index in [0.717, 1.165) is 0 Å². The highest BCUT2D eigenvalue weighted by atomic mass is 16.5. The highest BCUT2D eigenvalue weighted by molar-refractivity contribution is 5.86. The SMILES string of the molecule is CCN(C(=O)NC(C)C(N)=O)C1COCC1C(=O)O. The summed E-state index contributed by atoms with van der Waals surface area (Å²) in [5.74, 6) is -2.41. The van der Waals surface area contributed by atoms with Crippen molar-refractivity contribution in [2.24, 2.45) is 11.7 Å². The van der Waals surface area contributed by atoms with E-state index in [9.17, 15) is 14.4 Å². The number of rotatable bonds is 5. The van der Waals surface area contributed by atoms with E-state index in [0.29, 0.717) is 6.54 Å². The molecule has 19 heavy (non-hydrogen) atoms. The molecule has 1 aliphatic heterocycles. The van der Waals surface area contributed by atoms with Gasteiger partial charge in [0, 0.05) is 6.54 Å². The number of hydrogen-bond donors (Lipinski definition) is 3. The molecule has 3 unspecified atom stereocenters. The number of aliphatic carboxylic acids is 1. The molecule has 1 saturated heterocycles. The molecule has 0 aromatic heterocycles. The topological polar surface area (TPSA) is 122 Å². The van der Waals surface area contributed by atoms with Crippen LogP contribution in [0.15, 0.2) is 0 Å². The van der Waals surface area contributed by atoms with E-state index in [4.69, 9.17) is 15.6 Å². The van der Waals surface area contributed by atoms with Gasteiger partial charge in [-0.25, -0.2) is 4.79 Å². The monoisotopic (exact) mass is 273 g/mol. The van der Waals surface area contributed by atoms with Gasteiger partial charge in [0.15, 0.2) is 0 Å². The second-order valence-corrected chi connectivity index (χ2v) is 4.41. The van der Waals surface area contributed by atoms with Crippen molar-refractivity contribution >= 4 is 17.9 Å². The van der Waals surface area contributed by atoms with E-state index in [1.54, 1.807) is 6.92 Å². The van der Waals surface area contributed by atoms with E-state index in [2.05, 4.69) is 5.32 Å². The molecule has 0 aromatic carbocycles. The first-order chi connectivity index (χ1) is 8.88. The minimum atomic E-state index is -1.00. The van der Waals surface area contributed by atoms with Crippen molar-refractivity contribution in [3.8, 4) is 0 Å². The Morgan fingerprint density at radius 3 is 2.58 bits per heavy atom. The number of carbonyl (C=O) groups excluding carboxylic acids is 2. The van der Waals surface area contributed by atoms with Crippen LogP contribution in [0.25, 0.3) is 0 Å². The molecule has 8 nitrogen and oxygen atoms in total. The minimum absolute atomic E-state index is 0.0785. The lowest BCUT2D eigenvalue weighted by molar-refractivity contribution is -0.142. The van der Waals surface area contributed by atoms with Crippen LogP contribution in [0.2, 0.25) is 0 Å². The number of hydrogen-bond acceptors (Lipinski definition) is 4. The van der Waals surface area contributed by atoms with Crippen LogP contribution in [0.5, 0.6) is 0 Å². The predicted octanol–water partition coefficient (Wildman–Crippen LogP) is -1.01. The Morgan fingerprint density at radius 1 is 1.47 bits per heavy atom. The number of urea groups is 1. The average molecular weight is 273 g/mol. The number of carboxylic acid groups (broad SMARTS) is 1. The molecule has 3 atom stereocenters. The second-order valence-electron chi connectivity index (χ2n) is 4.41. The van der Waals surface area contributed by atoms with E-state index < -0.39 is 35.9 Å². The van der Waals surface area contributed by atoms with Gasteiger partial charge in [0.05, 0.1) is 19.3 Å². The van der Waals surface area contributed by atoms with Gasteiger partial charge in [0.25, 0.3) is 0 Å². The first-order valence-electron chi connectivity index (χ1n) is 6.05. The Morgan fingerprint density at radius 2 is 2.11 bits per heavy atom. The molecule has 1 aliphatic rings. The smallest absolute Gasteiger partial charge is 0.318 e. The number of ether oxygens (including phenoxy) is 1. The van der Waals surface area contributed by atoms with Gasteiger partial charge in [-0.3, -0.25) is 9.59 Å². The van der Waals surface area contributed by atoms with Crippen LogP contribution in [-0.2, 0) is 14.3 Å². The second kappa shape index (κ2) is 6.37. The molecule has 0 aromatic rings. The van der Waals surface area contributed by atoms with Crippen LogP contribution in [0.1, 0.15) is 13.8 Å². The Balaban J connectivity index is 2.74. The number of primary amides is 1. The molecule has 1 rings (SSSR count). The number of amides is 3. The fraction of sp³-hybridized carbons (Fsp3) is 0.727. The molecular weight excluding hydrogens is 254 g/mol. The minimum Gasteiger partial charge on any atom is -0.481 e. The summed E-state index contributed by atoms with van der Waals surface area (Å²) in [5.41, 5.74) is 5.06. The van der Waals surface area contributed by atoms with Crippen molar-refractivity contribution in [1.29, 1.82) is 0 Å². The zero-order valence-corrected chi connectivity index (χ0v) is 11.0. The van der Waals surface area contributed by atoms with Gasteiger partial charge in [-0.15, -0.1) is 0 Å². The van der Waals surface area contributed by atoms with Crippen molar-refractivity contribution in [3.63, 3.8) is 0 Å². The summed E-state index contributed by atoms with van der Waals surface area (Å²) in [7, 11) is 0. The standard InChI is InChI=1S/C11H19N3O5/c1-3-14(11(18)13-6(2)9(12)15)8-5-19-4-7(8)10(16)17/h6-8H,3-5H2,1-2H3,(H2,12,15)(H,13,18)(H,16,17). The van der Waals surface area contributed by atoms with Crippen LogP contribution in [0.3, 0.4) is 0 Å². The Labute approximate surface area is 110 Å². The van der Waals surface area contributed by atoms with Gasteiger partial charge >= 0.3 is 12.0 Å². The average Bonchev–Trinajstić information content (AvgIpc) is 2.78. The number of likely N-dealkylation sites (N-methyl/N-ethyl adjacent to an activating group) is 1. The Kier molecular flexibility index (Phi) is 5.11. The normalized spacial score (nSPS) is 23.7. The number of nitrogens with two attached hydrogens (primary N) is 1. The van der Waals surface area contributed by atoms with Crippen LogP contribution < -0.4 is 11.1 Å². The lowest BCUT2D eigenvalue weighted by Gasteiger charge is -2.30. The third kappa shape index (κ3) is 3.57. The van der Waals surface area contributed by atoms with E-state index in [1.165, 1.54) is 11.8 Å². The quantitative estimate of drug-likeness (QED) is 0.592. The summed E-state index contributed by atoms with van der Waals surface area (Å²) in [5, 5.41) is 11.5. The number of carboxylic acids is 1.